The molecule has 6 heteroatoms. The van der Waals surface area contributed by atoms with E-state index in [1.807, 2.05) is 18.2 Å². The van der Waals surface area contributed by atoms with Crippen molar-refractivity contribution in [3.63, 3.8) is 0 Å². The highest BCUT2D eigenvalue weighted by atomic mass is 32.2. The minimum absolute atomic E-state index is 0.0526. The number of rotatable bonds is 5. The molecule has 1 aliphatic heterocycles. The largest absolute Gasteiger partial charge is 0.272 e. The third kappa shape index (κ3) is 3.96. The zero-order chi connectivity index (χ0) is 18.8. The first kappa shape index (κ1) is 18.3. The van der Waals surface area contributed by atoms with Gasteiger partial charge in [-0.2, -0.15) is 0 Å². The van der Waals surface area contributed by atoms with Crippen LogP contribution in [0.1, 0.15) is 18.2 Å². The molecule has 0 unspecified atom stereocenters. The quantitative estimate of drug-likeness (QED) is 0.459. The van der Waals surface area contributed by atoms with Gasteiger partial charge in [-0.1, -0.05) is 49.0 Å². The molecule has 1 atom stereocenters. The molecule has 2 heterocycles. The number of benzene rings is 2. The molecular weight excluding hydrogens is 379 g/mol. The summed E-state index contributed by atoms with van der Waals surface area (Å²) < 4.78 is 15.0. The lowest BCUT2D eigenvalue weighted by Gasteiger charge is -2.13. The van der Waals surface area contributed by atoms with Crippen molar-refractivity contribution in [2.75, 3.05) is 5.75 Å². The van der Waals surface area contributed by atoms with Crippen LogP contribution in [-0.4, -0.2) is 20.6 Å². The first-order chi connectivity index (χ1) is 13.1. The topological polar surface area (TPSA) is 34.9 Å². The third-order valence-electron chi connectivity index (χ3n) is 4.43. The molecule has 0 bridgehead atoms. The second kappa shape index (κ2) is 7.90. The molecule has 27 heavy (non-hydrogen) atoms. The van der Waals surface area contributed by atoms with Gasteiger partial charge in [0.05, 0.1) is 16.3 Å². The second-order valence-corrected chi connectivity index (χ2v) is 9.01. The minimum atomic E-state index is -0.317. The van der Waals surface area contributed by atoms with Gasteiger partial charge in [0.15, 0.2) is 5.16 Å². The molecule has 138 valence electrons. The first-order valence-electron chi connectivity index (χ1n) is 8.87. The Morgan fingerprint density at radius 2 is 1.93 bits per heavy atom. The maximum Gasteiger partial charge on any atom is 0.272 e. The number of fused-ring (bicyclic) bond motifs is 1. The minimum Gasteiger partial charge on any atom is -0.268 e. The van der Waals surface area contributed by atoms with E-state index >= 15 is 0 Å². The van der Waals surface area contributed by atoms with Crippen LogP contribution in [0, 0.1) is 5.82 Å². The van der Waals surface area contributed by atoms with Crippen LogP contribution < -0.4 is 5.56 Å². The Bertz CT molecular complexity index is 1000. The van der Waals surface area contributed by atoms with Crippen molar-refractivity contribution in [1.29, 1.82) is 0 Å². The fourth-order valence-corrected chi connectivity index (χ4v) is 5.23. The number of hydrogen-bond acceptors (Lipinski definition) is 4. The number of nitrogens with zero attached hydrogens (tertiary/aromatic N) is 2. The van der Waals surface area contributed by atoms with Crippen LogP contribution in [0.2, 0.25) is 0 Å². The van der Waals surface area contributed by atoms with Gasteiger partial charge in [-0.3, -0.25) is 9.36 Å². The van der Waals surface area contributed by atoms with Gasteiger partial charge in [0, 0.05) is 17.4 Å². The number of aryl methyl sites for hydroxylation is 1. The van der Waals surface area contributed by atoms with Gasteiger partial charge in [0.25, 0.3) is 5.56 Å². The van der Waals surface area contributed by atoms with Gasteiger partial charge < -0.3 is 0 Å². The molecule has 0 spiro atoms. The van der Waals surface area contributed by atoms with E-state index < -0.39 is 0 Å². The lowest BCUT2D eigenvalue weighted by Crippen LogP contribution is -2.24. The van der Waals surface area contributed by atoms with Crippen LogP contribution >= 0.6 is 23.5 Å². The van der Waals surface area contributed by atoms with E-state index in [0.29, 0.717) is 16.1 Å². The lowest BCUT2D eigenvalue weighted by atomic mass is 10.2. The Morgan fingerprint density at radius 1 is 1.19 bits per heavy atom. The van der Waals surface area contributed by atoms with Crippen molar-refractivity contribution in [2.24, 2.45) is 0 Å². The van der Waals surface area contributed by atoms with Gasteiger partial charge in [-0.15, -0.1) is 11.8 Å². The first-order valence-corrected chi connectivity index (χ1v) is 10.7. The molecule has 1 aromatic heterocycles. The van der Waals surface area contributed by atoms with Gasteiger partial charge >= 0.3 is 0 Å². The average Bonchev–Trinajstić information content (AvgIpc) is 3.05. The Kier molecular flexibility index (Phi) is 5.36. The van der Waals surface area contributed by atoms with Crippen molar-refractivity contribution in [2.45, 2.75) is 35.1 Å². The summed E-state index contributed by atoms with van der Waals surface area (Å²) in [6.07, 6.45) is 1.71. The summed E-state index contributed by atoms with van der Waals surface area (Å²) in [6, 6.07) is 16.3. The summed E-state index contributed by atoms with van der Waals surface area (Å²) in [5.41, 5.74) is 2.74. The van der Waals surface area contributed by atoms with E-state index in [2.05, 4.69) is 19.1 Å². The van der Waals surface area contributed by atoms with Gasteiger partial charge in [0.1, 0.15) is 5.82 Å². The number of halogens is 1. The maximum atomic E-state index is 13.4. The van der Waals surface area contributed by atoms with Crippen LogP contribution in [0.5, 0.6) is 0 Å². The summed E-state index contributed by atoms with van der Waals surface area (Å²) in [6.45, 7) is 2.11. The summed E-state index contributed by atoms with van der Waals surface area (Å²) in [4.78, 5) is 18.7. The van der Waals surface area contributed by atoms with Crippen LogP contribution in [0.4, 0.5) is 4.39 Å². The molecule has 0 radical (unpaired) electrons. The molecule has 3 nitrogen and oxygen atoms in total. The highest BCUT2D eigenvalue weighted by Gasteiger charge is 2.26. The number of aromatic nitrogens is 2. The fourth-order valence-electron chi connectivity index (χ4n) is 3.12. The predicted molar refractivity (Wildman–Crippen MR) is 110 cm³/mol. The SMILES string of the molecule is C[C@@H]1Cc2nc(SCCc3ccccc3)n(-c3ccc(F)cc3)c(=O)c2S1. The van der Waals surface area contributed by atoms with Gasteiger partial charge in [0.2, 0.25) is 0 Å². The Balaban J connectivity index is 1.68. The summed E-state index contributed by atoms with van der Waals surface area (Å²) in [7, 11) is 0. The zero-order valence-electron chi connectivity index (χ0n) is 14.9. The van der Waals surface area contributed by atoms with Crippen LogP contribution in [0.25, 0.3) is 5.69 Å². The molecule has 0 saturated heterocycles. The van der Waals surface area contributed by atoms with E-state index in [1.54, 1.807) is 40.2 Å². The summed E-state index contributed by atoms with van der Waals surface area (Å²) >= 11 is 3.15. The Morgan fingerprint density at radius 3 is 2.67 bits per heavy atom. The van der Waals surface area contributed by atoms with E-state index in [1.165, 1.54) is 17.7 Å². The maximum absolute atomic E-state index is 13.4. The Labute approximate surface area is 166 Å². The molecule has 1 aliphatic rings. The van der Waals surface area contributed by atoms with Crippen molar-refractivity contribution >= 4 is 23.5 Å². The Hall–Kier alpha value is -2.05. The molecule has 0 saturated carbocycles. The molecule has 4 rings (SSSR count). The highest BCUT2D eigenvalue weighted by molar-refractivity contribution is 8.00. The van der Waals surface area contributed by atoms with Crippen molar-refractivity contribution in [3.05, 3.63) is 82.0 Å². The van der Waals surface area contributed by atoms with Gasteiger partial charge in [-0.25, -0.2) is 9.37 Å². The summed E-state index contributed by atoms with van der Waals surface area (Å²) in [5, 5.41) is 1.03. The average molecular weight is 399 g/mol. The van der Waals surface area contributed by atoms with Crippen molar-refractivity contribution < 1.29 is 4.39 Å². The van der Waals surface area contributed by atoms with E-state index in [-0.39, 0.29) is 11.4 Å². The fraction of sp³-hybridized carbons (Fsp3) is 0.238. The molecule has 0 N–H and O–H groups in total. The molecular formula is C21H19FN2OS2. The lowest BCUT2D eigenvalue weighted by molar-refractivity contribution is 0.626. The molecule has 2 aromatic carbocycles. The van der Waals surface area contributed by atoms with Crippen LogP contribution in [-0.2, 0) is 12.8 Å². The van der Waals surface area contributed by atoms with E-state index in [4.69, 9.17) is 4.98 Å². The third-order valence-corrected chi connectivity index (χ3v) is 6.59. The molecule has 0 amide bonds. The smallest absolute Gasteiger partial charge is 0.268 e. The van der Waals surface area contributed by atoms with Crippen LogP contribution in [0.15, 0.2) is 69.4 Å². The normalized spacial score (nSPS) is 15.7. The number of hydrogen-bond donors (Lipinski definition) is 0. The van der Waals surface area contributed by atoms with Crippen LogP contribution in [0.3, 0.4) is 0 Å². The van der Waals surface area contributed by atoms with E-state index in [9.17, 15) is 9.18 Å². The second-order valence-electron chi connectivity index (χ2n) is 6.50. The van der Waals surface area contributed by atoms with Crippen molar-refractivity contribution in [1.82, 2.24) is 9.55 Å². The standard InChI is InChI=1S/C21H19FN2OS2/c1-14-13-18-19(27-14)20(25)24(17-9-7-16(22)8-10-17)21(23-18)26-12-11-15-5-3-2-4-6-15/h2-10,14H,11-13H2,1H3/t14-/m1/s1. The predicted octanol–water partition coefficient (Wildman–Crippen LogP) is 4.74. The number of thioether (sulfide) groups is 2. The zero-order valence-corrected chi connectivity index (χ0v) is 16.5. The monoisotopic (exact) mass is 398 g/mol. The summed E-state index contributed by atoms with van der Waals surface area (Å²) in [5.74, 6) is 0.501. The molecule has 0 fully saturated rings. The van der Waals surface area contributed by atoms with Crippen molar-refractivity contribution in [3.8, 4) is 5.69 Å². The van der Waals surface area contributed by atoms with Gasteiger partial charge in [-0.05, 0) is 36.2 Å². The molecule has 3 aromatic rings. The highest BCUT2D eigenvalue weighted by Crippen LogP contribution is 2.35. The van der Waals surface area contributed by atoms with E-state index in [0.717, 1.165) is 29.2 Å². The molecule has 0 aliphatic carbocycles.